The van der Waals surface area contributed by atoms with Gasteiger partial charge in [0.05, 0.1) is 32.2 Å². The predicted octanol–water partition coefficient (Wildman–Crippen LogP) is 5.57. The van der Waals surface area contributed by atoms with Crippen LogP contribution in [0.4, 0.5) is 13.2 Å². The maximum Gasteiger partial charge on any atom is 0.320 e. The number of benzene rings is 1. The Hall–Kier alpha value is -3.86. The Balaban J connectivity index is 1.40. The number of carbonyl (C=O) groups excluding carboxylic acids is 3. The number of rotatable bonds is 5. The minimum absolute atomic E-state index is 0.00526. The van der Waals surface area contributed by atoms with Gasteiger partial charge in [-0.1, -0.05) is 19.4 Å². The van der Waals surface area contributed by atoms with E-state index in [1.165, 1.54) is 7.11 Å². The van der Waals surface area contributed by atoms with Gasteiger partial charge in [0.1, 0.15) is 29.1 Å². The molecule has 1 aromatic carbocycles. The SMILES string of the molecule is COC(=O)C[C@H]1[C@]2(C)C3=C(C)[C@H](c4ccoc4)C[C@@H]3O[C@@H]2[C@@H]2OC(=O)[C@]3(C)C(Oc4cc(F)c(F)c(F)c4)=CC(=O)[C@@]1(C)C23. The van der Waals surface area contributed by atoms with E-state index in [1.807, 2.05) is 19.9 Å². The summed E-state index contributed by atoms with van der Waals surface area (Å²) in [6, 6.07) is 3.19. The fourth-order valence-electron chi connectivity index (χ4n) is 9.30. The molecule has 3 aliphatic carbocycles. The maximum absolute atomic E-state index is 14.4. The van der Waals surface area contributed by atoms with Gasteiger partial charge in [0.2, 0.25) is 0 Å². The molecular formula is C33H31F3O8. The number of hydrogen-bond donors (Lipinski definition) is 0. The lowest BCUT2D eigenvalue weighted by Gasteiger charge is -2.59. The summed E-state index contributed by atoms with van der Waals surface area (Å²) in [6.45, 7) is 7.28. The largest absolute Gasteiger partial charge is 0.472 e. The van der Waals surface area contributed by atoms with Gasteiger partial charge in [-0.15, -0.1) is 0 Å². The Morgan fingerprint density at radius 3 is 2.43 bits per heavy atom. The van der Waals surface area contributed by atoms with E-state index < -0.39 is 81.2 Å². The van der Waals surface area contributed by atoms with E-state index in [1.54, 1.807) is 26.4 Å². The standard InChI is InChI=1S/C33H31F3O8/c1-14-17(15-6-7-41-13-15)10-20-25(14)32(3)21(11-24(38)40-5)31(2)22(37)12-23(42-16-8-18(34)26(36)19(35)9-16)33(4)28(31)27(29(32)43-20)44-30(33)39/h6-9,12-13,17,20-21,27-29H,10-11H2,1-5H3/t17-,20+,21-,27-,28?,29-,31+,32-,33-/m1/s1. The highest BCUT2D eigenvalue weighted by Gasteiger charge is 2.79. The molecule has 3 fully saturated rings. The van der Waals surface area contributed by atoms with Gasteiger partial charge in [-0.2, -0.15) is 0 Å². The number of hydrogen-bond acceptors (Lipinski definition) is 8. The predicted molar refractivity (Wildman–Crippen MR) is 145 cm³/mol. The van der Waals surface area contributed by atoms with E-state index in [-0.39, 0.29) is 24.2 Å². The zero-order valence-electron chi connectivity index (χ0n) is 24.7. The first-order valence-electron chi connectivity index (χ1n) is 14.5. The molecule has 2 aliphatic heterocycles. The second-order valence-electron chi connectivity index (χ2n) is 13.1. The summed E-state index contributed by atoms with van der Waals surface area (Å²) in [5.74, 6) is -8.48. The van der Waals surface area contributed by atoms with Crippen LogP contribution in [-0.2, 0) is 28.6 Å². The smallest absolute Gasteiger partial charge is 0.320 e. The van der Waals surface area contributed by atoms with Gasteiger partial charge in [-0.3, -0.25) is 14.4 Å². The normalized spacial score (nSPS) is 38.6. The Morgan fingerprint density at radius 2 is 1.80 bits per heavy atom. The van der Waals surface area contributed by atoms with Crippen molar-refractivity contribution in [1.29, 1.82) is 0 Å². The van der Waals surface area contributed by atoms with Crippen molar-refractivity contribution in [3.63, 3.8) is 0 Å². The summed E-state index contributed by atoms with van der Waals surface area (Å²) in [6.07, 6.45) is 2.94. The van der Waals surface area contributed by atoms with E-state index in [0.29, 0.717) is 18.6 Å². The molecule has 3 heterocycles. The van der Waals surface area contributed by atoms with Gasteiger partial charge in [0.15, 0.2) is 23.2 Å². The zero-order chi connectivity index (χ0) is 31.5. The van der Waals surface area contributed by atoms with Crippen molar-refractivity contribution in [2.24, 2.45) is 28.1 Å². The second-order valence-corrected chi connectivity index (χ2v) is 13.1. The van der Waals surface area contributed by atoms with Crippen LogP contribution >= 0.6 is 0 Å². The van der Waals surface area contributed by atoms with Crippen LogP contribution in [0.2, 0.25) is 0 Å². The number of halogens is 3. The lowest BCUT2D eigenvalue weighted by molar-refractivity contribution is -0.191. The van der Waals surface area contributed by atoms with E-state index in [2.05, 4.69) is 0 Å². The highest BCUT2D eigenvalue weighted by molar-refractivity contribution is 6.01. The van der Waals surface area contributed by atoms with E-state index in [0.717, 1.165) is 22.8 Å². The monoisotopic (exact) mass is 612 g/mol. The van der Waals surface area contributed by atoms with E-state index in [9.17, 15) is 27.6 Å². The number of furan rings is 1. The topological polar surface area (TPSA) is 101 Å². The first-order chi connectivity index (χ1) is 20.8. The summed E-state index contributed by atoms with van der Waals surface area (Å²) >= 11 is 0. The number of ether oxygens (including phenoxy) is 4. The van der Waals surface area contributed by atoms with Gasteiger partial charge in [-0.25, -0.2) is 13.2 Å². The highest BCUT2D eigenvalue weighted by atomic mass is 19.2. The summed E-state index contributed by atoms with van der Waals surface area (Å²) in [4.78, 5) is 41.3. The molecule has 1 saturated carbocycles. The van der Waals surface area contributed by atoms with Crippen LogP contribution in [0.25, 0.3) is 0 Å². The van der Waals surface area contributed by atoms with Gasteiger partial charge in [-0.05, 0) is 43.4 Å². The van der Waals surface area contributed by atoms with Gasteiger partial charge >= 0.3 is 11.9 Å². The second kappa shape index (κ2) is 9.32. The Bertz CT molecular complexity index is 1660. The number of esters is 2. The zero-order valence-corrected chi connectivity index (χ0v) is 24.7. The van der Waals surface area contributed by atoms with Crippen LogP contribution in [0.15, 0.2) is 58.1 Å². The molecule has 44 heavy (non-hydrogen) atoms. The molecule has 11 heteroatoms. The Labute approximate surface area is 251 Å². The lowest BCUT2D eigenvalue weighted by Crippen LogP contribution is -2.67. The number of carbonyl (C=O) groups is 3. The molecule has 0 bridgehead atoms. The van der Waals surface area contributed by atoms with Crippen LogP contribution < -0.4 is 4.74 Å². The van der Waals surface area contributed by atoms with Gasteiger partial charge in [0, 0.05) is 40.9 Å². The quantitative estimate of drug-likeness (QED) is 0.246. The van der Waals surface area contributed by atoms with Crippen LogP contribution in [0.3, 0.4) is 0 Å². The first kappa shape index (κ1) is 28.9. The summed E-state index contributed by atoms with van der Waals surface area (Å²) in [7, 11) is 1.28. The molecule has 0 radical (unpaired) electrons. The summed E-state index contributed by atoms with van der Waals surface area (Å²) < 4.78 is 70.9. The van der Waals surface area contributed by atoms with Crippen molar-refractivity contribution in [2.45, 2.75) is 64.8 Å². The number of fused-ring (bicyclic) bond motifs is 4. The van der Waals surface area contributed by atoms with Gasteiger partial charge < -0.3 is 23.4 Å². The van der Waals surface area contributed by atoms with Crippen LogP contribution in [0.1, 0.15) is 52.0 Å². The van der Waals surface area contributed by atoms with Crippen LogP contribution in [0.5, 0.6) is 5.75 Å². The molecule has 1 unspecified atom stereocenters. The Kier molecular flexibility index (Phi) is 6.12. The molecule has 1 aromatic heterocycles. The minimum Gasteiger partial charge on any atom is -0.472 e. The fourth-order valence-corrected chi connectivity index (χ4v) is 9.30. The maximum atomic E-state index is 14.4. The molecule has 2 saturated heterocycles. The Morgan fingerprint density at radius 1 is 1.09 bits per heavy atom. The summed E-state index contributed by atoms with van der Waals surface area (Å²) in [5.41, 5.74) is -0.848. The minimum atomic E-state index is -1.68. The third kappa shape index (κ3) is 3.47. The molecule has 8 nitrogen and oxygen atoms in total. The van der Waals surface area contributed by atoms with Crippen molar-refractivity contribution in [3.05, 3.63) is 76.7 Å². The van der Waals surface area contributed by atoms with Crippen molar-refractivity contribution in [3.8, 4) is 5.75 Å². The number of methoxy groups -OCH3 is 1. The molecule has 7 rings (SSSR count). The molecule has 0 amide bonds. The van der Waals surface area contributed by atoms with Gasteiger partial charge in [0.25, 0.3) is 0 Å². The average molecular weight is 613 g/mol. The van der Waals surface area contributed by atoms with E-state index >= 15 is 0 Å². The number of ketones is 1. The van der Waals surface area contributed by atoms with Crippen LogP contribution in [-0.4, -0.2) is 43.1 Å². The molecule has 0 spiro atoms. The lowest BCUT2D eigenvalue weighted by atomic mass is 9.41. The molecule has 2 aromatic rings. The first-order valence-corrected chi connectivity index (χ1v) is 14.5. The third-order valence-corrected chi connectivity index (χ3v) is 11.2. The van der Waals surface area contributed by atoms with Crippen molar-refractivity contribution < 1.29 is 50.9 Å². The number of allylic oxidation sites excluding steroid dienone is 2. The molecular weight excluding hydrogens is 581 g/mol. The van der Waals surface area contributed by atoms with E-state index in [4.69, 9.17) is 23.4 Å². The molecule has 232 valence electrons. The fraction of sp³-hybridized carbons (Fsp3) is 0.485. The van der Waals surface area contributed by atoms with Crippen molar-refractivity contribution >= 4 is 17.7 Å². The summed E-state index contributed by atoms with van der Waals surface area (Å²) in [5, 5.41) is 0. The average Bonchev–Trinajstić information content (AvgIpc) is 3.73. The van der Waals surface area contributed by atoms with Crippen molar-refractivity contribution in [2.75, 3.05) is 7.11 Å². The molecule has 0 N–H and O–H groups in total. The molecule has 5 aliphatic rings. The molecule has 9 atom stereocenters. The van der Waals surface area contributed by atoms with Crippen molar-refractivity contribution in [1.82, 2.24) is 0 Å². The highest BCUT2D eigenvalue weighted by Crippen LogP contribution is 2.73. The third-order valence-electron chi connectivity index (χ3n) is 11.2. The van der Waals surface area contributed by atoms with Crippen LogP contribution in [0, 0.1) is 45.5 Å².